The van der Waals surface area contributed by atoms with Crippen LogP contribution in [0.25, 0.3) is 0 Å². The molecule has 3 nitrogen and oxygen atoms in total. The van der Waals surface area contributed by atoms with Crippen molar-refractivity contribution < 1.29 is 9.18 Å². The molecular formula is C16H25FN2O. The molecule has 0 bridgehead atoms. The molecule has 20 heavy (non-hydrogen) atoms. The second-order valence-corrected chi connectivity index (χ2v) is 5.33. The molecule has 0 N–H and O–H groups in total. The van der Waals surface area contributed by atoms with E-state index in [9.17, 15) is 9.18 Å². The zero-order valence-electron chi connectivity index (χ0n) is 12.9. The molecule has 1 aromatic rings. The summed E-state index contributed by atoms with van der Waals surface area (Å²) in [6.45, 7) is 5.40. The number of nitrogens with zero attached hydrogens (tertiary/aromatic N) is 2. The second kappa shape index (κ2) is 8.00. The molecule has 0 fully saturated rings. The lowest BCUT2D eigenvalue weighted by atomic mass is 10.2. The van der Waals surface area contributed by atoms with Gasteiger partial charge in [-0.2, -0.15) is 0 Å². The van der Waals surface area contributed by atoms with Gasteiger partial charge in [0.2, 0.25) is 5.91 Å². The summed E-state index contributed by atoms with van der Waals surface area (Å²) in [6, 6.07) is 6.22. The normalized spacial score (nSPS) is 12.5. The van der Waals surface area contributed by atoms with Gasteiger partial charge >= 0.3 is 0 Å². The van der Waals surface area contributed by atoms with Gasteiger partial charge in [-0.05, 0) is 44.6 Å². The number of unbranched alkanes of at least 4 members (excludes halogenated alkanes) is 1. The quantitative estimate of drug-likeness (QED) is 0.766. The average Bonchev–Trinajstić information content (AvgIpc) is 2.43. The molecule has 1 rings (SSSR count). The first-order valence-corrected chi connectivity index (χ1v) is 7.15. The Bertz CT molecular complexity index is 436. The smallest absolute Gasteiger partial charge is 0.239 e. The lowest BCUT2D eigenvalue weighted by molar-refractivity contribution is -0.135. The Kier molecular flexibility index (Phi) is 6.65. The third-order valence-corrected chi connectivity index (χ3v) is 3.57. The van der Waals surface area contributed by atoms with Crippen molar-refractivity contribution in [3.05, 3.63) is 35.6 Å². The van der Waals surface area contributed by atoms with Crippen LogP contribution in [-0.4, -0.2) is 42.4 Å². The molecule has 0 aliphatic rings. The van der Waals surface area contributed by atoms with Gasteiger partial charge < -0.3 is 4.90 Å². The Balaban J connectivity index is 2.57. The van der Waals surface area contributed by atoms with E-state index in [1.54, 1.807) is 18.0 Å². The Morgan fingerprint density at radius 2 is 2.05 bits per heavy atom. The molecule has 112 valence electrons. The second-order valence-electron chi connectivity index (χ2n) is 5.33. The summed E-state index contributed by atoms with van der Waals surface area (Å²) in [5, 5.41) is 0. The van der Waals surface area contributed by atoms with Crippen molar-refractivity contribution >= 4 is 5.91 Å². The predicted octanol–water partition coefficient (Wildman–Crippen LogP) is 2.90. The van der Waals surface area contributed by atoms with E-state index in [0.29, 0.717) is 6.54 Å². The van der Waals surface area contributed by atoms with Gasteiger partial charge in [-0.25, -0.2) is 4.39 Å². The van der Waals surface area contributed by atoms with Crippen LogP contribution in [0.5, 0.6) is 0 Å². The number of likely N-dealkylation sites (N-methyl/N-ethyl adjacent to an activating group) is 2. The number of carbonyl (C=O) groups excluding carboxylic acids is 1. The van der Waals surface area contributed by atoms with Gasteiger partial charge in [0.25, 0.3) is 0 Å². The maximum absolute atomic E-state index is 13.1. The number of hydrogen-bond donors (Lipinski definition) is 0. The van der Waals surface area contributed by atoms with Gasteiger partial charge in [-0.1, -0.05) is 25.5 Å². The van der Waals surface area contributed by atoms with Crippen LogP contribution in [0, 0.1) is 5.82 Å². The summed E-state index contributed by atoms with van der Waals surface area (Å²) >= 11 is 0. The first-order valence-electron chi connectivity index (χ1n) is 7.15. The number of carbonyl (C=O) groups is 1. The minimum Gasteiger partial charge on any atom is -0.340 e. The highest BCUT2D eigenvalue weighted by Crippen LogP contribution is 2.09. The third-order valence-electron chi connectivity index (χ3n) is 3.57. The Hall–Kier alpha value is -1.42. The summed E-state index contributed by atoms with van der Waals surface area (Å²) in [5.41, 5.74) is 0.810. The van der Waals surface area contributed by atoms with Crippen molar-refractivity contribution in [3.63, 3.8) is 0 Å². The summed E-state index contributed by atoms with van der Waals surface area (Å²) in [4.78, 5) is 16.0. The van der Waals surface area contributed by atoms with Crippen LogP contribution >= 0.6 is 0 Å². The minimum absolute atomic E-state index is 0.0628. The molecule has 0 heterocycles. The fourth-order valence-electron chi connectivity index (χ4n) is 2.10. The lowest BCUT2D eigenvalue weighted by Gasteiger charge is -2.28. The Morgan fingerprint density at radius 1 is 1.35 bits per heavy atom. The molecule has 0 aromatic heterocycles. The van der Waals surface area contributed by atoms with E-state index >= 15 is 0 Å². The molecule has 4 heteroatoms. The maximum Gasteiger partial charge on any atom is 0.239 e. The topological polar surface area (TPSA) is 23.6 Å². The van der Waals surface area contributed by atoms with Crippen molar-refractivity contribution in [2.24, 2.45) is 0 Å². The van der Waals surface area contributed by atoms with Crippen molar-refractivity contribution in [1.82, 2.24) is 9.80 Å². The van der Waals surface area contributed by atoms with Crippen LogP contribution < -0.4 is 0 Å². The van der Waals surface area contributed by atoms with Crippen LogP contribution in [0.4, 0.5) is 4.39 Å². The fourth-order valence-corrected chi connectivity index (χ4v) is 2.10. The highest BCUT2D eigenvalue weighted by Gasteiger charge is 2.21. The van der Waals surface area contributed by atoms with Crippen molar-refractivity contribution in [3.8, 4) is 0 Å². The number of hydrogen-bond acceptors (Lipinski definition) is 2. The molecule has 0 aliphatic heterocycles. The predicted molar refractivity (Wildman–Crippen MR) is 79.9 cm³/mol. The first-order chi connectivity index (χ1) is 9.45. The van der Waals surface area contributed by atoms with E-state index < -0.39 is 0 Å². The molecule has 0 aliphatic carbocycles. The number of benzene rings is 1. The van der Waals surface area contributed by atoms with Crippen LogP contribution in [-0.2, 0) is 11.3 Å². The lowest BCUT2D eigenvalue weighted by Crippen LogP contribution is -2.44. The van der Waals surface area contributed by atoms with Gasteiger partial charge in [0, 0.05) is 13.6 Å². The zero-order valence-corrected chi connectivity index (χ0v) is 12.9. The molecule has 1 atom stereocenters. The van der Waals surface area contributed by atoms with Gasteiger partial charge in [-0.15, -0.1) is 0 Å². The molecule has 0 saturated carbocycles. The van der Waals surface area contributed by atoms with Gasteiger partial charge in [0.1, 0.15) is 5.82 Å². The summed E-state index contributed by atoms with van der Waals surface area (Å²) in [5.74, 6) is -0.204. The van der Waals surface area contributed by atoms with Crippen LogP contribution in [0.2, 0.25) is 0 Å². The molecule has 0 saturated heterocycles. The zero-order chi connectivity index (χ0) is 15.1. The average molecular weight is 280 g/mol. The van der Waals surface area contributed by atoms with Crippen LogP contribution in [0.15, 0.2) is 24.3 Å². The van der Waals surface area contributed by atoms with E-state index in [-0.39, 0.29) is 17.8 Å². The molecule has 1 unspecified atom stereocenters. The van der Waals surface area contributed by atoms with Crippen molar-refractivity contribution in [1.29, 1.82) is 0 Å². The standard InChI is InChI=1S/C16H25FN2O/c1-5-6-10-18(3)13(2)16(20)19(4)12-14-8-7-9-15(17)11-14/h7-9,11,13H,5-6,10,12H2,1-4H3. The third kappa shape index (κ3) is 4.93. The Labute approximate surface area is 121 Å². The Morgan fingerprint density at radius 3 is 2.65 bits per heavy atom. The number of amides is 1. The summed E-state index contributed by atoms with van der Waals surface area (Å²) < 4.78 is 13.1. The monoisotopic (exact) mass is 280 g/mol. The van der Waals surface area contributed by atoms with E-state index in [1.807, 2.05) is 20.0 Å². The van der Waals surface area contributed by atoms with E-state index in [4.69, 9.17) is 0 Å². The van der Waals surface area contributed by atoms with Gasteiger partial charge in [-0.3, -0.25) is 9.69 Å². The van der Waals surface area contributed by atoms with Crippen molar-refractivity contribution in [2.45, 2.75) is 39.3 Å². The highest BCUT2D eigenvalue weighted by molar-refractivity contribution is 5.81. The van der Waals surface area contributed by atoms with E-state index in [0.717, 1.165) is 24.9 Å². The first kappa shape index (κ1) is 16.6. The summed E-state index contributed by atoms with van der Waals surface area (Å²) in [6.07, 6.45) is 2.20. The molecule has 0 radical (unpaired) electrons. The van der Waals surface area contributed by atoms with Gasteiger partial charge in [0.15, 0.2) is 0 Å². The van der Waals surface area contributed by atoms with E-state index in [2.05, 4.69) is 11.8 Å². The molecule has 1 aromatic carbocycles. The SMILES string of the molecule is CCCCN(C)C(C)C(=O)N(C)Cc1cccc(F)c1. The number of rotatable bonds is 7. The minimum atomic E-state index is -0.267. The molecule has 0 spiro atoms. The van der Waals surface area contributed by atoms with Crippen LogP contribution in [0.1, 0.15) is 32.3 Å². The van der Waals surface area contributed by atoms with Crippen molar-refractivity contribution in [2.75, 3.05) is 20.6 Å². The summed E-state index contributed by atoms with van der Waals surface area (Å²) in [7, 11) is 3.73. The molecule has 1 amide bonds. The molecular weight excluding hydrogens is 255 g/mol. The number of halogens is 1. The highest BCUT2D eigenvalue weighted by atomic mass is 19.1. The van der Waals surface area contributed by atoms with Gasteiger partial charge in [0.05, 0.1) is 6.04 Å². The van der Waals surface area contributed by atoms with Crippen LogP contribution in [0.3, 0.4) is 0 Å². The fraction of sp³-hybridized carbons (Fsp3) is 0.562. The maximum atomic E-state index is 13.1. The van der Waals surface area contributed by atoms with E-state index in [1.165, 1.54) is 12.1 Å². The largest absolute Gasteiger partial charge is 0.340 e.